The van der Waals surface area contributed by atoms with Crippen LogP contribution in [0.2, 0.25) is 0 Å². The zero-order valence-electron chi connectivity index (χ0n) is 15.7. The van der Waals surface area contributed by atoms with E-state index in [1.54, 1.807) is 12.1 Å². The van der Waals surface area contributed by atoms with Crippen molar-refractivity contribution in [3.63, 3.8) is 0 Å². The van der Waals surface area contributed by atoms with Crippen LogP contribution in [0.15, 0.2) is 53.4 Å². The number of hydrogen-bond donors (Lipinski definition) is 2. The van der Waals surface area contributed by atoms with Gasteiger partial charge in [-0.2, -0.15) is 0 Å². The molecule has 5 rings (SSSR count). The number of rotatable bonds is 4. The summed E-state index contributed by atoms with van der Waals surface area (Å²) < 4.78 is 4.57. The highest BCUT2D eigenvalue weighted by atomic mass is 32.2. The van der Waals surface area contributed by atoms with Crippen LogP contribution in [0.4, 0.5) is 0 Å². The van der Waals surface area contributed by atoms with E-state index in [2.05, 4.69) is 9.37 Å². The van der Waals surface area contributed by atoms with Gasteiger partial charge in [-0.3, -0.25) is 4.79 Å². The van der Waals surface area contributed by atoms with E-state index in [0.717, 1.165) is 50.7 Å². The smallest absolute Gasteiger partial charge is 0.248 e. The molecule has 8 heteroatoms. The van der Waals surface area contributed by atoms with Crippen LogP contribution in [-0.2, 0) is 9.37 Å². The minimum Gasteiger partial charge on any atom is -0.366 e. The summed E-state index contributed by atoms with van der Waals surface area (Å²) >= 11 is 0.844. The first-order chi connectivity index (χ1) is 14.2. The predicted octanol–water partition coefficient (Wildman–Crippen LogP) is 4.98. The van der Waals surface area contributed by atoms with Crippen LogP contribution in [0.25, 0.3) is 44.3 Å². The minimum atomic E-state index is -0.523. The lowest BCUT2D eigenvalue weighted by Gasteiger charge is -2.07. The van der Waals surface area contributed by atoms with Crippen molar-refractivity contribution in [2.24, 2.45) is 5.73 Å². The summed E-state index contributed by atoms with van der Waals surface area (Å²) in [6, 6.07) is 14.8. The quantitative estimate of drug-likeness (QED) is 0.246. The molecule has 1 aliphatic rings. The molecule has 4 aromatic rings. The molecule has 0 radical (unpaired) electrons. The molecule has 29 heavy (non-hydrogen) atoms. The fraction of sp³-hybridized carbons (Fsp3) is 0.0952. The second kappa shape index (κ2) is 7.76. The Morgan fingerprint density at radius 3 is 2.21 bits per heavy atom. The molecule has 0 fully saturated rings. The molecular weight excluding hydrogens is 390 g/mol. The van der Waals surface area contributed by atoms with E-state index in [1.807, 2.05) is 50.2 Å². The fourth-order valence-corrected chi connectivity index (χ4v) is 3.93. The molecule has 1 aliphatic carbocycles. The number of primary amides is 1. The predicted molar refractivity (Wildman–Crippen MR) is 112 cm³/mol. The van der Waals surface area contributed by atoms with E-state index in [4.69, 9.17) is 21.0 Å². The van der Waals surface area contributed by atoms with Gasteiger partial charge in [-0.1, -0.05) is 31.0 Å². The van der Waals surface area contributed by atoms with Crippen molar-refractivity contribution < 1.29 is 19.4 Å². The highest BCUT2D eigenvalue weighted by molar-refractivity contribution is 7.94. The normalized spacial score (nSPS) is 11.3. The number of fused-ring (bicyclic) bond motifs is 4. The van der Waals surface area contributed by atoms with Gasteiger partial charge in [-0.05, 0) is 41.8 Å². The zero-order chi connectivity index (χ0) is 20.5. The molecule has 1 amide bonds. The van der Waals surface area contributed by atoms with E-state index in [1.165, 1.54) is 0 Å². The van der Waals surface area contributed by atoms with Gasteiger partial charge >= 0.3 is 0 Å². The van der Waals surface area contributed by atoms with Crippen LogP contribution in [0.1, 0.15) is 24.2 Å². The molecule has 3 aromatic carbocycles. The maximum absolute atomic E-state index is 11.8. The Bertz CT molecular complexity index is 1260. The second-order valence-corrected chi connectivity index (χ2v) is 6.87. The second-order valence-electron chi connectivity index (χ2n) is 6.09. The van der Waals surface area contributed by atoms with E-state index >= 15 is 0 Å². The number of nitrogens with two attached hydrogens (primary N) is 1. The van der Waals surface area contributed by atoms with Gasteiger partial charge < -0.3 is 5.73 Å². The van der Waals surface area contributed by atoms with Crippen molar-refractivity contribution in [2.75, 3.05) is 0 Å². The van der Waals surface area contributed by atoms with Crippen LogP contribution in [0, 0.1) is 0 Å². The van der Waals surface area contributed by atoms with Crippen LogP contribution in [-0.4, -0.2) is 21.1 Å². The van der Waals surface area contributed by atoms with Gasteiger partial charge in [0.1, 0.15) is 0 Å². The first-order valence-electron chi connectivity index (χ1n) is 8.99. The van der Waals surface area contributed by atoms with Gasteiger partial charge in [0.2, 0.25) is 5.91 Å². The molecule has 0 aliphatic heterocycles. The molecule has 7 nitrogen and oxygen atoms in total. The summed E-state index contributed by atoms with van der Waals surface area (Å²) in [7, 11) is 0. The lowest BCUT2D eigenvalue weighted by molar-refractivity contribution is -0.432. The lowest BCUT2D eigenvalue weighted by atomic mass is 10.0. The highest BCUT2D eigenvalue weighted by Crippen LogP contribution is 2.47. The summed E-state index contributed by atoms with van der Waals surface area (Å²) in [6.07, 6.45) is 0. The summed E-state index contributed by atoms with van der Waals surface area (Å²) in [6.45, 7) is 4.00. The zero-order valence-corrected chi connectivity index (χ0v) is 16.5. The Morgan fingerprint density at radius 1 is 1.00 bits per heavy atom. The summed E-state index contributed by atoms with van der Waals surface area (Å²) in [4.78, 5) is 22.0. The largest absolute Gasteiger partial charge is 0.366 e. The topological polar surface area (TPSA) is 108 Å². The van der Waals surface area contributed by atoms with Gasteiger partial charge in [-0.25, -0.2) is 15.2 Å². The van der Waals surface area contributed by atoms with Crippen LogP contribution in [0.3, 0.4) is 0 Å². The molecule has 0 saturated carbocycles. The molecule has 0 saturated heterocycles. The molecule has 146 valence electrons. The molecule has 0 spiro atoms. The molecule has 0 unspecified atom stereocenters. The van der Waals surface area contributed by atoms with Crippen molar-refractivity contribution in [2.45, 2.75) is 18.7 Å². The first kappa shape index (κ1) is 19.3. The first-order valence-corrected chi connectivity index (χ1v) is 9.74. The number of benzene rings is 3. The van der Waals surface area contributed by atoms with Crippen molar-refractivity contribution in [1.82, 2.24) is 9.97 Å². The third-order valence-corrected chi connectivity index (χ3v) is 5.11. The van der Waals surface area contributed by atoms with Crippen LogP contribution in [0.5, 0.6) is 0 Å². The average Bonchev–Trinajstić information content (AvgIpc) is 3.05. The van der Waals surface area contributed by atoms with E-state index < -0.39 is 5.91 Å². The molecule has 1 heterocycles. The van der Waals surface area contributed by atoms with Crippen LogP contribution < -0.4 is 5.73 Å². The SMILES string of the molecule is CC.NC(=O)c1cc2c3c(cc(SOOO)cc3c1)-c1nc3ccccc3nc1-2. The van der Waals surface area contributed by atoms with Gasteiger partial charge in [0.25, 0.3) is 0 Å². The molecular formula is C21H17N3O4S. The summed E-state index contributed by atoms with van der Waals surface area (Å²) in [5.41, 5.74) is 10.6. The number of aromatic nitrogens is 2. The number of amides is 1. The lowest BCUT2D eigenvalue weighted by Crippen LogP contribution is -2.10. The minimum absolute atomic E-state index is 0.382. The third-order valence-electron chi connectivity index (χ3n) is 4.55. The number of para-hydroxylation sites is 2. The number of hydrogen-bond acceptors (Lipinski definition) is 7. The Labute approximate surface area is 170 Å². The van der Waals surface area contributed by atoms with Crippen molar-refractivity contribution in [3.8, 4) is 22.5 Å². The maximum Gasteiger partial charge on any atom is 0.248 e. The van der Waals surface area contributed by atoms with Gasteiger partial charge in [0.15, 0.2) is 0 Å². The number of nitrogens with zero attached hydrogens (tertiary/aromatic N) is 2. The summed E-state index contributed by atoms with van der Waals surface area (Å²) in [5.74, 6) is -0.523. The Balaban J connectivity index is 0.000000994. The maximum atomic E-state index is 11.8. The fourth-order valence-electron chi connectivity index (χ4n) is 3.48. The highest BCUT2D eigenvalue weighted by Gasteiger charge is 2.27. The monoisotopic (exact) mass is 407 g/mol. The van der Waals surface area contributed by atoms with Crippen molar-refractivity contribution in [1.29, 1.82) is 0 Å². The number of carbonyl (C=O) groups is 1. The van der Waals surface area contributed by atoms with E-state index in [0.29, 0.717) is 16.2 Å². The summed E-state index contributed by atoms with van der Waals surface area (Å²) in [5, 5.41) is 13.9. The van der Waals surface area contributed by atoms with Crippen molar-refractivity contribution >= 4 is 39.8 Å². The molecule has 1 aromatic heterocycles. The average molecular weight is 407 g/mol. The number of carbonyl (C=O) groups excluding carboxylic acids is 1. The Morgan fingerprint density at radius 2 is 1.62 bits per heavy atom. The van der Waals surface area contributed by atoms with Crippen molar-refractivity contribution in [3.05, 3.63) is 54.1 Å². The van der Waals surface area contributed by atoms with Crippen LogP contribution >= 0.6 is 12.0 Å². The van der Waals surface area contributed by atoms with E-state index in [-0.39, 0.29) is 0 Å². The Hall–Kier alpha value is -3.04. The Kier molecular flexibility index (Phi) is 5.16. The van der Waals surface area contributed by atoms with Gasteiger partial charge in [-0.15, -0.1) is 4.33 Å². The third kappa shape index (κ3) is 3.22. The standard InChI is InChI=1S/C19H11N3O4S.C2H6/c20-19(23)10-5-9-6-11(27-26-25-24)8-13-16(9)12(7-10)17-18(13)22-15-4-2-1-3-14(15)21-17;1-2/h1-8,24H,(H2,20,23);1-2H3. The molecule has 0 atom stereocenters. The van der Waals surface area contributed by atoms with E-state index in [9.17, 15) is 4.79 Å². The van der Waals surface area contributed by atoms with Gasteiger partial charge in [0, 0.05) is 27.0 Å². The molecule has 3 N–H and O–H groups in total. The van der Waals surface area contributed by atoms with Gasteiger partial charge in [0.05, 0.1) is 34.5 Å². The molecule has 0 bridgehead atoms.